The van der Waals surface area contributed by atoms with Crippen LogP contribution in [0.1, 0.15) is 39.2 Å². The van der Waals surface area contributed by atoms with Crippen molar-refractivity contribution in [1.29, 1.82) is 0 Å². The number of carboxylic acids is 1. The van der Waals surface area contributed by atoms with E-state index < -0.39 is 23.2 Å². The number of carboxylic acid groups (broad SMARTS) is 1. The Bertz CT molecular complexity index is 513. The van der Waals surface area contributed by atoms with Gasteiger partial charge in [0.25, 0.3) is 0 Å². The Morgan fingerprint density at radius 3 is 2.43 bits per heavy atom. The highest BCUT2D eigenvalue weighted by Gasteiger charge is 2.50. The highest BCUT2D eigenvalue weighted by molar-refractivity contribution is 6.05. The maximum absolute atomic E-state index is 14.1. The van der Waals surface area contributed by atoms with Gasteiger partial charge in [0.15, 0.2) is 5.41 Å². The zero-order chi connectivity index (χ0) is 16.0. The molecule has 0 saturated carbocycles. The average molecular weight is 296 g/mol. The fraction of sp³-hybridized carbons (Fsp3) is 0.500. The molecule has 0 bridgehead atoms. The van der Waals surface area contributed by atoms with E-state index in [2.05, 4.69) is 0 Å². The average Bonchev–Trinajstić information content (AvgIpc) is 2.41. The van der Waals surface area contributed by atoms with E-state index in [0.29, 0.717) is 6.42 Å². The van der Waals surface area contributed by atoms with E-state index in [-0.39, 0.29) is 24.5 Å². The van der Waals surface area contributed by atoms with Crippen LogP contribution in [0, 0.1) is 11.7 Å². The van der Waals surface area contributed by atoms with Gasteiger partial charge in [-0.2, -0.15) is 0 Å². The third-order valence-corrected chi connectivity index (χ3v) is 3.42. The van der Waals surface area contributed by atoms with Crippen LogP contribution in [0.3, 0.4) is 0 Å². The summed E-state index contributed by atoms with van der Waals surface area (Å²) < 4.78 is 19.0. The van der Waals surface area contributed by atoms with Crippen molar-refractivity contribution in [2.45, 2.75) is 39.0 Å². The molecule has 0 aliphatic rings. The lowest BCUT2D eigenvalue weighted by Gasteiger charge is -2.28. The van der Waals surface area contributed by atoms with Crippen LogP contribution in [0.4, 0.5) is 4.39 Å². The predicted octanol–water partition coefficient (Wildman–Crippen LogP) is 3.15. The summed E-state index contributed by atoms with van der Waals surface area (Å²) in [7, 11) is 0. The Balaban J connectivity index is 3.40. The molecule has 4 nitrogen and oxygen atoms in total. The molecule has 1 rings (SSSR count). The number of benzene rings is 1. The van der Waals surface area contributed by atoms with Crippen LogP contribution >= 0.6 is 0 Å². The van der Waals surface area contributed by atoms with Crippen molar-refractivity contribution in [3.63, 3.8) is 0 Å². The maximum atomic E-state index is 14.1. The van der Waals surface area contributed by atoms with Crippen LogP contribution in [0.2, 0.25) is 0 Å². The molecule has 1 N–H and O–H groups in total. The van der Waals surface area contributed by atoms with Gasteiger partial charge in [-0.3, -0.25) is 9.59 Å². The molecular weight excluding hydrogens is 275 g/mol. The first-order valence-corrected chi connectivity index (χ1v) is 7.01. The number of aliphatic carboxylic acids is 1. The second kappa shape index (κ2) is 7.20. The van der Waals surface area contributed by atoms with E-state index >= 15 is 0 Å². The number of rotatable bonds is 7. The van der Waals surface area contributed by atoms with Gasteiger partial charge in [0, 0.05) is 5.56 Å². The van der Waals surface area contributed by atoms with Crippen molar-refractivity contribution >= 4 is 11.9 Å². The molecule has 5 heteroatoms. The molecular formula is C16H21FO4. The van der Waals surface area contributed by atoms with E-state index in [1.54, 1.807) is 6.92 Å². The summed E-state index contributed by atoms with van der Waals surface area (Å²) in [5.41, 5.74) is -2.14. The van der Waals surface area contributed by atoms with E-state index in [4.69, 9.17) is 4.74 Å². The molecule has 21 heavy (non-hydrogen) atoms. The van der Waals surface area contributed by atoms with Gasteiger partial charge in [-0.1, -0.05) is 32.0 Å². The van der Waals surface area contributed by atoms with E-state index in [9.17, 15) is 19.1 Å². The standard InChI is InChI=1S/C16H21FO4/c1-4-21-15(20)16(14(18)19,10-9-11(2)3)12-7-5-6-8-13(12)17/h5-8,11H,4,9-10H2,1-3H3,(H,18,19). The van der Waals surface area contributed by atoms with Crippen molar-refractivity contribution in [3.8, 4) is 0 Å². The van der Waals surface area contributed by atoms with Crippen LogP contribution < -0.4 is 0 Å². The molecule has 0 fully saturated rings. The molecule has 0 aromatic heterocycles. The van der Waals surface area contributed by atoms with E-state index in [0.717, 1.165) is 6.07 Å². The minimum absolute atomic E-state index is 0.000231. The first kappa shape index (κ1) is 17.1. The van der Waals surface area contributed by atoms with Gasteiger partial charge in [-0.05, 0) is 31.7 Å². The van der Waals surface area contributed by atoms with Crippen molar-refractivity contribution in [3.05, 3.63) is 35.6 Å². The molecule has 1 atom stereocenters. The topological polar surface area (TPSA) is 63.6 Å². The molecule has 0 heterocycles. The lowest BCUT2D eigenvalue weighted by atomic mass is 9.75. The maximum Gasteiger partial charge on any atom is 0.328 e. The van der Waals surface area contributed by atoms with Gasteiger partial charge in [0.2, 0.25) is 0 Å². The fourth-order valence-corrected chi connectivity index (χ4v) is 2.22. The fourth-order valence-electron chi connectivity index (χ4n) is 2.22. The predicted molar refractivity (Wildman–Crippen MR) is 76.4 cm³/mol. The lowest BCUT2D eigenvalue weighted by Crippen LogP contribution is -2.46. The number of halogens is 1. The third kappa shape index (κ3) is 3.60. The summed E-state index contributed by atoms with van der Waals surface area (Å²) in [6, 6.07) is 5.46. The monoisotopic (exact) mass is 296 g/mol. The Hall–Kier alpha value is -1.91. The molecule has 0 radical (unpaired) electrons. The SMILES string of the molecule is CCOC(=O)C(CCC(C)C)(C(=O)O)c1ccccc1F. The Labute approximate surface area is 123 Å². The summed E-state index contributed by atoms with van der Waals surface area (Å²) in [5, 5.41) is 9.64. The third-order valence-electron chi connectivity index (χ3n) is 3.42. The molecule has 1 unspecified atom stereocenters. The summed E-state index contributed by atoms with van der Waals surface area (Å²) in [6.07, 6.45) is 0.471. The van der Waals surface area contributed by atoms with Crippen molar-refractivity contribution in [1.82, 2.24) is 0 Å². The van der Waals surface area contributed by atoms with Gasteiger partial charge in [0.1, 0.15) is 5.82 Å². The first-order valence-electron chi connectivity index (χ1n) is 7.01. The Kier molecular flexibility index (Phi) is 5.88. The van der Waals surface area contributed by atoms with Crippen LogP contribution in [0.5, 0.6) is 0 Å². The van der Waals surface area contributed by atoms with Gasteiger partial charge in [-0.15, -0.1) is 0 Å². The molecule has 0 saturated heterocycles. The second-order valence-electron chi connectivity index (χ2n) is 5.34. The normalized spacial score (nSPS) is 13.8. The van der Waals surface area contributed by atoms with Crippen molar-refractivity contribution in [2.75, 3.05) is 6.61 Å². The number of hydrogen-bond donors (Lipinski definition) is 1. The van der Waals surface area contributed by atoms with E-state index in [1.807, 2.05) is 13.8 Å². The lowest BCUT2D eigenvalue weighted by molar-refractivity contribution is -0.162. The Morgan fingerprint density at radius 2 is 1.95 bits per heavy atom. The highest BCUT2D eigenvalue weighted by atomic mass is 19.1. The highest BCUT2D eigenvalue weighted by Crippen LogP contribution is 2.34. The van der Waals surface area contributed by atoms with Gasteiger partial charge >= 0.3 is 11.9 Å². The molecule has 0 amide bonds. The summed E-state index contributed by atoms with van der Waals surface area (Å²) in [6.45, 7) is 5.47. The largest absolute Gasteiger partial charge is 0.480 e. The molecule has 0 aliphatic heterocycles. The molecule has 1 aromatic carbocycles. The van der Waals surface area contributed by atoms with Crippen LogP contribution in [0.25, 0.3) is 0 Å². The number of esters is 1. The van der Waals surface area contributed by atoms with Crippen LogP contribution in [0.15, 0.2) is 24.3 Å². The Morgan fingerprint density at radius 1 is 1.33 bits per heavy atom. The number of carbonyl (C=O) groups is 2. The summed E-state index contributed by atoms with van der Waals surface area (Å²) in [4.78, 5) is 24.1. The quantitative estimate of drug-likeness (QED) is 0.620. The number of hydrogen-bond acceptors (Lipinski definition) is 3. The van der Waals surface area contributed by atoms with Gasteiger partial charge < -0.3 is 9.84 Å². The molecule has 116 valence electrons. The zero-order valence-electron chi connectivity index (χ0n) is 12.6. The zero-order valence-corrected chi connectivity index (χ0v) is 12.6. The van der Waals surface area contributed by atoms with Gasteiger partial charge in [-0.25, -0.2) is 4.39 Å². The van der Waals surface area contributed by atoms with Crippen LogP contribution in [-0.4, -0.2) is 23.7 Å². The van der Waals surface area contributed by atoms with Crippen molar-refractivity contribution in [2.24, 2.45) is 5.92 Å². The minimum Gasteiger partial charge on any atom is -0.480 e. The minimum atomic E-state index is -1.99. The number of carbonyl (C=O) groups excluding carboxylic acids is 1. The molecule has 0 spiro atoms. The second-order valence-corrected chi connectivity index (χ2v) is 5.34. The van der Waals surface area contributed by atoms with Gasteiger partial charge in [0.05, 0.1) is 6.61 Å². The molecule has 1 aromatic rings. The smallest absolute Gasteiger partial charge is 0.328 e. The number of ether oxygens (including phenoxy) is 1. The summed E-state index contributed by atoms with van der Waals surface area (Å²) >= 11 is 0. The molecule has 0 aliphatic carbocycles. The summed E-state index contributed by atoms with van der Waals surface area (Å²) in [5.74, 6) is -2.82. The van der Waals surface area contributed by atoms with E-state index in [1.165, 1.54) is 18.2 Å². The van der Waals surface area contributed by atoms with Crippen LogP contribution in [-0.2, 0) is 19.7 Å². The van der Waals surface area contributed by atoms with Crippen molar-refractivity contribution < 1.29 is 23.8 Å². The first-order chi connectivity index (χ1) is 9.86.